The summed E-state index contributed by atoms with van der Waals surface area (Å²) in [7, 11) is 1.31. The third-order valence-corrected chi connectivity index (χ3v) is 2.65. The number of hydrogen-bond donors (Lipinski definition) is 1. The number of rotatable bonds is 3. The SMILES string of the molecule is COC(=O)c1ccc(/C=N/n2c(=O)cn[nH]c2=S)cc1. The van der Waals surface area contributed by atoms with Crippen molar-refractivity contribution in [1.82, 2.24) is 14.9 Å². The van der Waals surface area contributed by atoms with Gasteiger partial charge in [0.05, 0.1) is 18.9 Å². The highest BCUT2D eigenvalue weighted by molar-refractivity contribution is 7.71. The first kappa shape index (κ1) is 13.8. The highest BCUT2D eigenvalue weighted by Crippen LogP contribution is 2.04. The van der Waals surface area contributed by atoms with E-state index in [-0.39, 0.29) is 4.77 Å². The number of ether oxygens (including phenoxy) is 1. The predicted molar refractivity (Wildman–Crippen MR) is 74.5 cm³/mol. The molecule has 0 fully saturated rings. The lowest BCUT2D eigenvalue weighted by atomic mass is 10.1. The first-order valence-corrected chi connectivity index (χ1v) is 5.92. The van der Waals surface area contributed by atoms with E-state index in [9.17, 15) is 9.59 Å². The molecular formula is C12H10N4O3S. The molecule has 0 saturated heterocycles. The van der Waals surface area contributed by atoms with Gasteiger partial charge in [-0.2, -0.15) is 14.9 Å². The van der Waals surface area contributed by atoms with Crippen LogP contribution in [0, 0.1) is 4.77 Å². The topological polar surface area (TPSA) is 89.3 Å². The van der Waals surface area contributed by atoms with E-state index < -0.39 is 11.5 Å². The molecule has 20 heavy (non-hydrogen) atoms. The Balaban J connectivity index is 2.26. The van der Waals surface area contributed by atoms with E-state index in [1.54, 1.807) is 24.3 Å². The van der Waals surface area contributed by atoms with Crippen molar-refractivity contribution in [3.63, 3.8) is 0 Å². The number of methoxy groups -OCH3 is 1. The molecule has 2 rings (SSSR count). The van der Waals surface area contributed by atoms with E-state index in [0.717, 1.165) is 10.9 Å². The molecular weight excluding hydrogens is 280 g/mol. The molecule has 1 aromatic carbocycles. The van der Waals surface area contributed by atoms with Crippen molar-refractivity contribution in [2.75, 3.05) is 7.11 Å². The van der Waals surface area contributed by atoms with E-state index >= 15 is 0 Å². The summed E-state index contributed by atoms with van der Waals surface area (Å²) < 4.78 is 5.70. The molecule has 0 amide bonds. The molecule has 0 aliphatic heterocycles. The van der Waals surface area contributed by atoms with Gasteiger partial charge in [0.2, 0.25) is 4.77 Å². The Morgan fingerprint density at radius 2 is 2.15 bits per heavy atom. The summed E-state index contributed by atoms with van der Waals surface area (Å²) >= 11 is 4.90. The van der Waals surface area contributed by atoms with Crippen LogP contribution in [-0.2, 0) is 4.74 Å². The molecule has 0 atom stereocenters. The first-order valence-electron chi connectivity index (χ1n) is 5.51. The van der Waals surface area contributed by atoms with E-state index in [1.807, 2.05) is 0 Å². The maximum atomic E-state index is 11.5. The van der Waals surface area contributed by atoms with Crippen molar-refractivity contribution < 1.29 is 9.53 Å². The van der Waals surface area contributed by atoms with Crippen LogP contribution in [0.5, 0.6) is 0 Å². The minimum absolute atomic E-state index is 0.0972. The lowest BCUT2D eigenvalue weighted by molar-refractivity contribution is 0.0601. The predicted octanol–water partition coefficient (Wildman–Crippen LogP) is 0.970. The minimum atomic E-state index is -0.434. The first-order chi connectivity index (χ1) is 9.61. The Hall–Kier alpha value is -2.61. The highest BCUT2D eigenvalue weighted by Gasteiger charge is 2.03. The van der Waals surface area contributed by atoms with E-state index in [0.29, 0.717) is 11.1 Å². The van der Waals surface area contributed by atoms with Crippen LogP contribution < -0.4 is 5.56 Å². The highest BCUT2D eigenvalue weighted by atomic mass is 32.1. The Bertz CT molecular complexity index is 733. The fourth-order valence-corrected chi connectivity index (χ4v) is 1.59. The average molecular weight is 290 g/mol. The molecule has 1 heterocycles. The number of carbonyl (C=O) groups is 1. The molecule has 0 aliphatic rings. The Kier molecular flexibility index (Phi) is 4.16. The van der Waals surface area contributed by atoms with Gasteiger partial charge in [-0.1, -0.05) is 12.1 Å². The second-order valence-electron chi connectivity index (χ2n) is 3.68. The largest absolute Gasteiger partial charge is 0.465 e. The number of nitrogens with one attached hydrogen (secondary N) is 1. The summed E-state index contributed by atoms with van der Waals surface area (Å²) in [5, 5.41) is 9.97. The summed E-state index contributed by atoms with van der Waals surface area (Å²) in [5.74, 6) is -0.415. The van der Waals surface area contributed by atoms with Gasteiger partial charge < -0.3 is 4.74 Å². The molecule has 1 aromatic heterocycles. The summed E-state index contributed by atoms with van der Waals surface area (Å²) in [6.07, 6.45) is 2.53. The smallest absolute Gasteiger partial charge is 0.337 e. The van der Waals surface area contributed by atoms with Gasteiger partial charge in [-0.3, -0.25) is 9.89 Å². The zero-order chi connectivity index (χ0) is 14.5. The second kappa shape index (κ2) is 6.02. The molecule has 0 unspecified atom stereocenters. The van der Waals surface area contributed by atoms with E-state index in [2.05, 4.69) is 20.0 Å². The molecule has 7 nitrogen and oxygen atoms in total. The van der Waals surface area contributed by atoms with Crippen molar-refractivity contribution >= 4 is 24.4 Å². The Labute approximate surface area is 118 Å². The lowest BCUT2D eigenvalue weighted by Gasteiger charge is -1.99. The van der Waals surface area contributed by atoms with Crippen LogP contribution in [0.4, 0.5) is 0 Å². The number of aromatic nitrogens is 3. The minimum Gasteiger partial charge on any atom is -0.465 e. The van der Waals surface area contributed by atoms with Crippen molar-refractivity contribution in [1.29, 1.82) is 0 Å². The number of benzene rings is 1. The van der Waals surface area contributed by atoms with Crippen molar-refractivity contribution in [2.24, 2.45) is 5.10 Å². The van der Waals surface area contributed by atoms with Crippen LogP contribution in [0.1, 0.15) is 15.9 Å². The molecule has 1 N–H and O–H groups in total. The van der Waals surface area contributed by atoms with Crippen LogP contribution in [0.25, 0.3) is 0 Å². The third-order valence-electron chi connectivity index (χ3n) is 2.39. The number of H-pyrrole nitrogens is 1. The maximum Gasteiger partial charge on any atom is 0.337 e. The Morgan fingerprint density at radius 3 is 2.75 bits per heavy atom. The summed E-state index contributed by atoms with van der Waals surface area (Å²) in [4.78, 5) is 22.7. The molecule has 0 saturated carbocycles. The van der Waals surface area contributed by atoms with Crippen molar-refractivity contribution in [3.8, 4) is 0 Å². The van der Waals surface area contributed by atoms with E-state index in [1.165, 1.54) is 13.3 Å². The maximum absolute atomic E-state index is 11.5. The van der Waals surface area contributed by atoms with Gasteiger partial charge in [-0.15, -0.1) is 0 Å². The third kappa shape index (κ3) is 3.04. The fraction of sp³-hybridized carbons (Fsp3) is 0.0833. The molecule has 0 spiro atoms. The van der Waals surface area contributed by atoms with E-state index in [4.69, 9.17) is 12.2 Å². The number of aromatic amines is 1. The van der Waals surface area contributed by atoms with Gasteiger partial charge in [0.1, 0.15) is 6.20 Å². The zero-order valence-electron chi connectivity index (χ0n) is 10.4. The fourth-order valence-electron chi connectivity index (χ4n) is 1.40. The molecule has 0 bridgehead atoms. The van der Waals surface area contributed by atoms with Gasteiger partial charge in [0, 0.05) is 0 Å². The van der Waals surface area contributed by atoms with Gasteiger partial charge in [0.25, 0.3) is 5.56 Å². The lowest BCUT2D eigenvalue weighted by Crippen LogP contribution is -2.18. The normalized spacial score (nSPS) is 10.7. The van der Waals surface area contributed by atoms with Crippen molar-refractivity contribution in [2.45, 2.75) is 0 Å². The second-order valence-corrected chi connectivity index (χ2v) is 4.07. The number of carbonyl (C=O) groups excluding carboxylic acids is 1. The summed E-state index contributed by atoms with van der Waals surface area (Å²) in [6, 6.07) is 6.55. The van der Waals surface area contributed by atoms with Crippen LogP contribution in [0.3, 0.4) is 0 Å². The van der Waals surface area contributed by atoms with Crippen LogP contribution >= 0.6 is 12.2 Å². The van der Waals surface area contributed by atoms with Crippen LogP contribution in [0.2, 0.25) is 0 Å². The monoisotopic (exact) mass is 290 g/mol. The standard InChI is InChI=1S/C12H10N4O3S/c1-19-11(18)9-4-2-8(3-5-9)6-14-16-10(17)7-13-15-12(16)20/h2-7H,1H3,(H,15,20)/b14-6+. The average Bonchev–Trinajstić information content (AvgIpc) is 2.46. The van der Waals surface area contributed by atoms with Gasteiger partial charge >= 0.3 is 5.97 Å². The summed E-state index contributed by atoms with van der Waals surface area (Å²) in [5.41, 5.74) is 0.704. The molecule has 0 radical (unpaired) electrons. The van der Waals surface area contributed by atoms with Gasteiger partial charge in [-0.05, 0) is 29.9 Å². The summed E-state index contributed by atoms with van der Waals surface area (Å²) in [6.45, 7) is 0. The number of esters is 1. The molecule has 2 aromatic rings. The van der Waals surface area contributed by atoms with Crippen molar-refractivity contribution in [3.05, 3.63) is 56.7 Å². The number of hydrogen-bond acceptors (Lipinski definition) is 6. The van der Waals surface area contributed by atoms with Crippen LogP contribution in [-0.4, -0.2) is 34.2 Å². The molecule has 0 aliphatic carbocycles. The molecule has 102 valence electrons. The van der Waals surface area contributed by atoms with Gasteiger partial charge in [0.15, 0.2) is 0 Å². The van der Waals surface area contributed by atoms with Gasteiger partial charge in [-0.25, -0.2) is 4.79 Å². The molecule has 8 heteroatoms. The Morgan fingerprint density at radius 1 is 1.45 bits per heavy atom. The zero-order valence-corrected chi connectivity index (χ0v) is 11.3. The van der Waals surface area contributed by atoms with Crippen LogP contribution in [0.15, 0.2) is 40.4 Å². The quantitative estimate of drug-likeness (QED) is 0.517. The number of nitrogens with zero attached hydrogens (tertiary/aromatic N) is 3.